The van der Waals surface area contributed by atoms with Crippen LogP contribution in [-0.4, -0.2) is 17.9 Å². The van der Waals surface area contributed by atoms with Gasteiger partial charge in [0.15, 0.2) is 0 Å². The molecule has 0 N–H and O–H groups in total. The third-order valence-corrected chi connectivity index (χ3v) is 9.66. The Morgan fingerprint density at radius 2 is 1.75 bits per heavy atom. The van der Waals surface area contributed by atoms with Crippen LogP contribution in [0.5, 0.6) is 0 Å². The Bertz CT molecular complexity index is 695. The molecule has 0 aromatic rings. The number of allylic oxidation sites excluding steroid dienone is 1. The number of ketones is 1. The predicted molar refractivity (Wildman–Crippen MR) is 129 cm³/mol. The SMILES string of the molecule is CCCCCCCCCCC(=O)O[C@H]1CC[C@@]2(C)C(=CC[C@H]3[C@@H]4CCC(=O)[C@H]4CC[C@@H]32)C1. The smallest absolute Gasteiger partial charge is 0.306 e. The molecule has 0 spiro atoms. The van der Waals surface area contributed by atoms with Gasteiger partial charge in [-0.1, -0.05) is 70.4 Å². The normalized spacial score (nSPS) is 36.1. The molecule has 180 valence electrons. The topological polar surface area (TPSA) is 43.4 Å². The fraction of sp³-hybridized carbons (Fsp3) is 0.862. The van der Waals surface area contributed by atoms with Crippen LogP contribution < -0.4 is 0 Å². The van der Waals surface area contributed by atoms with Crippen LogP contribution in [0.3, 0.4) is 0 Å². The standard InChI is InChI=1S/C29H46O3/c1-3-4-5-6-7-8-9-10-11-28(31)32-22-18-19-29(2)21(20-22)12-13-24-23-15-17-27(30)25(23)14-16-26(24)29/h12,22-26H,3-11,13-20H2,1-2H3/t22-,23-,24-,25-,26-,29-/m0/s1. The van der Waals surface area contributed by atoms with E-state index in [0.717, 1.165) is 63.7 Å². The summed E-state index contributed by atoms with van der Waals surface area (Å²) >= 11 is 0. The Morgan fingerprint density at radius 3 is 2.53 bits per heavy atom. The van der Waals surface area contributed by atoms with Crippen LogP contribution in [0, 0.1) is 29.1 Å². The fourth-order valence-corrected chi connectivity index (χ4v) is 7.79. The van der Waals surface area contributed by atoms with Gasteiger partial charge in [0, 0.05) is 25.2 Å². The number of ether oxygens (including phenoxy) is 1. The number of hydrogen-bond donors (Lipinski definition) is 0. The van der Waals surface area contributed by atoms with Gasteiger partial charge in [-0.25, -0.2) is 0 Å². The molecule has 3 heteroatoms. The number of fused-ring (bicyclic) bond motifs is 5. The third-order valence-electron chi connectivity index (χ3n) is 9.66. The first-order valence-corrected chi connectivity index (χ1v) is 13.9. The maximum Gasteiger partial charge on any atom is 0.306 e. The number of carbonyl (C=O) groups is 2. The minimum Gasteiger partial charge on any atom is -0.462 e. The third kappa shape index (κ3) is 5.17. The zero-order valence-corrected chi connectivity index (χ0v) is 20.7. The highest BCUT2D eigenvalue weighted by Gasteiger charge is 2.54. The summed E-state index contributed by atoms with van der Waals surface area (Å²) in [6.45, 7) is 4.73. The van der Waals surface area contributed by atoms with E-state index in [1.54, 1.807) is 5.57 Å². The molecule has 0 aliphatic heterocycles. The number of unbranched alkanes of at least 4 members (excludes halogenated alkanes) is 7. The van der Waals surface area contributed by atoms with E-state index in [9.17, 15) is 9.59 Å². The molecule has 0 saturated heterocycles. The summed E-state index contributed by atoms with van der Waals surface area (Å²) in [6.07, 6.45) is 21.7. The summed E-state index contributed by atoms with van der Waals surface area (Å²) in [5.41, 5.74) is 1.82. The monoisotopic (exact) mass is 442 g/mol. The molecule has 32 heavy (non-hydrogen) atoms. The molecular formula is C29H46O3. The van der Waals surface area contributed by atoms with Crippen molar-refractivity contribution in [2.24, 2.45) is 29.1 Å². The lowest BCUT2D eigenvalue weighted by Gasteiger charge is -2.54. The Balaban J connectivity index is 1.22. The molecule has 0 aromatic heterocycles. The number of carbonyl (C=O) groups excluding carboxylic acids is 2. The molecule has 0 bridgehead atoms. The highest BCUT2D eigenvalue weighted by molar-refractivity contribution is 5.83. The second-order valence-corrected chi connectivity index (χ2v) is 11.6. The molecule has 0 radical (unpaired) electrons. The highest BCUT2D eigenvalue weighted by atomic mass is 16.5. The van der Waals surface area contributed by atoms with Crippen LogP contribution in [0.1, 0.15) is 123 Å². The highest BCUT2D eigenvalue weighted by Crippen LogP contribution is 2.60. The molecular weight excluding hydrogens is 396 g/mol. The Hall–Kier alpha value is -1.12. The van der Waals surface area contributed by atoms with Gasteiger partial charge < -0.3 is 4.74 Å². The van der Waals surface area contributed by atoms with Crippen molar-refractivity contribution in [3.63, 3.8) is 0 Å². The maximum absolute atomic E-state index is 12.4. The lowest BCUT2D eigenvalue weighted by atomic mass is 9.50. The van der Waals surface area contributed by atoms with E-state index in [1.807, 2.05) is 0 Å². The van der Waals surface area contributed by atoms with E-state index >= 15 is 0 Å². The van der Waals surface area contributed by atoms with Crippen LogP contribution >= 0.6 is 0 Å². The Kier molecular flexibility index (Phi) is 8.16. The van der Waals surface area contributed by atoms with Crippen molar-refractivity contribution in [2.75, 3.05) is 0 Å². The second-order valence-electron chi connectivity index (χ2n) is 11.6. The quantitative estimate of drug-likeness (QED) is 0.199. The van der Waals surface area contributed by atoms with Gasteiger partial charge >= 0.3 is 5.97 Å². The molecule has 0 heterocycles. The Labute approximate surface area is 196 Å². The molecule has 3 fully saturated rings. The number of rotatable bonds is 10. The van der Waals surface area contributed by atoms with Crippen molar-refractivity contribution >= 4 is 11.8 Å². The van der Waals surface area contributed by atoms with Gasteiger partial charge in [0.1, 0.15) is 11.9 Å². The predicted octanol–water partition coefficient (Wildman–Crippen LogP) is 7.57. The summed E-state index contributed by atoms with van der Waals surface area (Å²) in [5.74, 6) is 2.99. The van der Waals surface area contributed by atoms with E-state index in [4.69, 9.17) is 4.74 Å². The summed E-state index contributed by atoms with van der Waals surface area (Å²) in [4.78, 5) is 24.7. The number of Topliss-reactive ketones (excluding diaryl/α,β-unsaturated/α-hetero) is 1. The van der Waals surface area contributed by atoms with Crippen molar-refractivity contribution in [1.29, 1.82) is 0 Å². The average Bonchev–Trinajstić information content (AvgIpc) is 3.17. The van der Waals surface area contributed by atoms with Gasteiger partial charge in [-0.2, -0.15) is 0 Å². The van der Waals surface area contributed by atoms with E-state index < -0.39 is 0 Å². The first-order valence-electron chi connectivity index (χ1n) is 13.9. The summed E-state index contributed by atoms with van der Waals surface area (Å²) < 4.78 is 5.94. The van der Waals surface area contributed by atoms with Crippen molar-refractivity contribution in [1.82, 2.24) is 0 Å². The summed E-state index contributed by atoms with van der Waals surface area (Å²) in [7, 11) is 0. The summed E-state index contributed by atoms with van der Waals surface area (Å²) in [5, 5.41) is 0. The fourth-order valence-electron chi connectivity index (χ4n) is 7.79. The first kappa shape index (κ1) is 24.0. The lowest BCUT2D eigenvalue weighted by molar-refractivity contribution is -0.151. The average molecular weight is 443 g/mol. The van der Waals surface area contributed by atoms with E-state index in [1.165, 1.54) is 44.9 Å². The number of esters is 1. The van der Waals surface area contributed by atoms with E-state index in [2.05, 4.69) is 19.9 Å². The van der Waals surface area contributed by atoms with Crippen LogP contribution in [-0.2, 0) is 14.3 Å². The van der Waals surface area contributed by atoms with Crippen LogP contribution in [0.15, 0.2) is 11.6 Å². The molecule has 4 rings (SSSR count). The molecule has 3 saturated carbocycles. The zero-order valence-electron chi connectivity index (χ0n) is 20.7. The minimum atomic E-state index is 0.0175. The van der Waals surface area contributed by atoms with Crippen molar-refractivity contribution in [2.45, 2.75) is 129 Å². The van der Waals surface area contributed by atoms with Gasteiger partial charge in [-0.05, 0) is 68.1 Å². The second kappa shape index (κ2) is 10.9. The molecule has 0 amide bonds. The molecule has 0 aromatic carbocycles. The summed E-state index contributed by atoms with van der Waals surface area (Å²) in [6, 6.07) is 0. The van der Waals surface area contributed by atoms with Crippen LogP contribution in [0.2, 0.25) is 0 Å². The van der Waals surface area contributed by atoms with Crippen molar-refractivity contribution < 1.29 is 14.3 Å². The van der Waals surface area contributed by atoms with Gasteiger partial charge in [-0.15, -0.1) is 0 Å². The van der Waals surface area contributed by atoms with Crippen molar-refractivity contribution in [3.8, 4) is 0 Å². The zero-order chi connectivity index (χ0) is 22.6. The Morgan fingerprint density at radius 1 is 1.00 bits per heavy atom. The maximum atomic E-state index is 12.4. The van der Waals surface area contributed by atoms with E-state index in [-0.39, 0.29) is 17.5 Å². The molecule has 4 aliphatic carbocycles. The first-order chi connectivity index (χ1) is 15.5. The van der Waals surface area contributed by atoms with Gasteiger partial charge in [-0.3, -0.25) is 9.59 Å². The van der Waals surface area contributed by atoms with Crippen LogP contribution in [0.25, 0.3) is 0 Å². The van der Waals surface area contributed by atoms with Crippen LogP contribution in [0.4, 0.5) is 0 Å². The lowest BCUT2D eigenvalue weighted by Crippen LogP contribution is -2.47. The largest absolute Gasteiger partial charge is 0.462 e. The molecule has 4 aliphatic rings. The number of hydrogen-bond acceptors (Lipinski definition) is 3. The van der Waals surface area contributed by atoms with E-state index in [0.29, 0.717) is 30.0 Å². The molecule has 6 atom stereocenters. The van der Waals surface area contributed by atoms with Gasteiger partial charge in [0.25, 0.3) is 0 Å². The van der Waals surface area contributed by atoms with Gasteiger partial charge in [0.2, 0.25) is 0 Å². The molecule has 0 unspecified atom stereocenters. The minimum absolute atomic E-state index is 0.0175. The van der Waals surface area contributed by atoms with Gasteiger partial charge in [0.05, 0.1) is 0 Å². The van der Waals surface area contributed by atoms with Crippen molar-refractivity contribution in [3.05, 3.63) is 11.6 Å². The molecule has 3 nitrogen and oxygen atoms in total.